The van der Waals surface area contributed by atoms with Crippen LogP contribution in [0.2, 0.25) is 5.15 Å². The Morgan fingerprint density at radius 1 is 1.00 bits per heavy atom. The first-order valence-corrected chi connectivity index (χ1v) is 12.8. The highest BCUT2D eigenvalue weighted by molar-refractivity contribution is 6.31. The monoisotopic (exact) mass is 578 g/mol. The van der Waals surface area contributed by atoms with Crippen molar-refractivity contribution < 1.29 is 28.6 Å². The first-order valence-electron chi connectivity index (χ1n) is 12.4. The number of nitrogen functional groups attached to an aromatic ring is 2. The number of unbranched alkanes of at least 4 members (excludes halogenated alkanes) is 1. The number of carbonyl (C=O) groups is 3. The average Bonchev–Trinajstić information content (AvgIpc) is 2.87. The van der Waals surface area contributed by atoms with E-state index in [1.54, 1.807) is 32.9 Å². The second kappa shape index (κ2) is 15.3. The van der Waals surface area contributed by atoms with Crippen molar-refractivity contribution in [1.29, 1.82) is 5.41 Å². The molecule has 0 radical (unpaired) electrons. The molecule has 1 aromatic heterocycles. The lowest BCUT2D eigenvalue weighted by molar-refractivity contribution is -0.145. The van der Waals surface area contributed by atoms with Crippen molar-refractivity contribution in [3.05, 3.63) is 40.7 Å². The number of anilines is 2. The van der Waals surface area contributed by atoms with Crippen molar-refractivity contribution in [2.24, 2.45) is 0 Å². The van der Waals surface area contributed by atoms with E-state index < -0.39 is 23.6 Å². The Morgan fingerprint density at radius 3 is 2.38 bits per heavy atom. The van der Waals surface area contributed by atoms with Gasteiger partial charge in [0.25, 0.3) is 5.91 Å². The molecule has 8 N–H and O–H groups in total. The maximum atomic E-state index is 12.2. The molecule has 0 aliphatic heterocycles. The quantitative estimate of drug-likeness (QED) is 0.0926. The van der Waals surface area contributed by atoms with Gasteiger partial charge in [0.15, 0.2) is 35.0 Å². The van der Waals surface area contributed by atoms with Gasteiger partial charge in [-0.3, -0.25) is 15.5 Å². The molecule has 2 amide bonds. The fourth-order valence-electron chi connectivity index (χ4n) is 3.06. The molecule has 0 bridgehead atoms. The SMILES string of the molecule is CC(C)(C)OC(=O)NCCOC(=O)COc1ccc(CCCCNC(=N)NC(=O)c2nc(Cl)c(N)nc2N)cc1. The minimum atomic E-state index is -0.727. The van der Waals surface area contributed by atoms with Crippen molar-refractivity contribution in [1.82, 2.24) is 25.9 Å². The summed E-state index contributed by atoms with van der Waals surface area (Å²) >= 11 is 5.77. The van der Waals surface area contributed by atoms with Crippen LogP contribution in [0, 0.1) is 5.41 Å². The van der Waals surface area contributed by atoms with E-state index in [4.69, 9.17) is 42.7 Å². The lowest BCUT2D eigenvalue weighted by atomic mass is 10.1. The van der Waals surface area contributed by atoms with Crippen LogP contribution in [0.1, 0.15) is 49.7 Å². The minimum Gasteiger partial charge on any atom is -0.482 e. The largest absolute Gasteiger partial charge is 0.482 e. The number of halogens is 1. The van der Waals surface area contributed by atoms with Crippen LogP contribution < -0.4 is 32.2 Å². The average molecular weight is 579 g/mol. The van der Waals surface area contributed by atoms with E-state index in [0.717, 1.165) is 24.8 Å². The number of rotatable bonds is 12. The van der Waals surface area contributed by atoms with Crippen LogP contribution in [0.5, 0.6) is 5.75 Å². The summed E-state index contributed by atoms with van der Waals surface area (Å²) in [7, 11) is 0. The van der Waals surface area contributed by atoms with E-state index in [9.17, 15) is 14.4 Å². The van der Waals surface area contributed by atoms with Crippen molar-refractivity contribution in [2.75, 3.05) is 37.8 Å². The third-order valence-corrected chi connectivity index (χ3v) is 5.14. The Hall–Kier alpha value is -4.33. The number of hydrogen-bond donors (Lipinski definition) is 6. The fraction of sp³-hybridized carbons (Fsp3) is 0.440. The highest BCUT2D eigenvalue weighted by Gasteiger charge is 2.17. The van der Waals surface area contributed by atoms with Gasteiger partial charge in [0, 0.05) is 6.54 Å². The zero-order valence-electron chi connectivity index (χ0n) is 22.6. The van der Waals surface area contributed by atoms with E-state index in [2.05, 4.69) is 25.9 Å². The number of ether oxygens (including phenoxy) is 3. The third-order valence-electron chi connectivity index (χ3n) is 4.87. The van der Waals surface area contributed by atoms with Gasteiger partial charge in [0.1, 0.15) is 18.0 Å². The molecule has 0 saturated heterocycles. The molecule has 0 spiro atoms. The van der Waals surface area contributed by atoms with E-state index >= 15 is 0 Å². The third kappa shape index (κ3) is 12.0. The van der Waals surface area contributed by atoms with Crippen LogP contribution in [-0.4, -0.2) is 65.8 Å². The summed E-state index contributed by atoms with van der Waals surface area (Å²) in [6.45, 7) is 5.59. The lowest BCUT2D eigenvalue weighted by Crippen LogP contribution is -2.41. The van der Waals surface area contributed by atoms with Crippen LogP contribution in [0.25, 0.3) is 0 Å². The molecule has 15 heteroatoms. The van der Waals surface area contributed by atoms with Gasteiger partial charge >= 0.3 is 12.1 Å². The fourth-order valence-corrected chi connectivity index (χ4v) is 3.19. The molecule has 2 aromatic rings. The maximum Gasteiger partial charge on any atom is 0.407 e. The molecule has 218 valence electrons. The van der Waals surface area contributed by atoms with Crippen LogP contribution in [-0.2, 0) is 20.7 Å². The summed E-state index contributed by atoms with van der Waals surface area (Å²) in [5.41, 5.74) is 11.4. The van der Waals surface area contributed by atoms with Crippen LogP contribution >= 0.6 is 11.6 Å². The number of esters is 1. The van der Waals surface area contributed by atoms with Gasteiger partial charge in [0.2, 0.25) is 0 Å². The summed E-state index contributed by atoms with van der Waals surface area (Å²) in [5.74, 6) is -1.25. The van der Waals surface area contributed by atoms with Crippen LogP contribution in [0.3, 0.4) is 0 Å². The standard InChI is InChI=1S/C25H35ClN8O6/c1-25(2,3)40-24(37)31-12-13-38-17(35)14-39-16-9-7-15(8-10-16)6-4-5-11-30-23(29)34-22(36)18-20(27)33-21(28)19(26)32-18/h7-10H,4-6,11-14H2,1-3H3,(H,31,37)(H4,27,28,33)(H3,29,30,34,36). The Bertz CT molecular complexity index is 1190. The predicted octanol–water partition coefficient (Wildman–Crippen LogP) is 2.02. The Labute approximate surface area is 237 Å². The molecule has 0 atom stereocenters. The Morgan fingerprint density at radius 2 is 1.70 bits per heavy atom. The van der Waals surface area contributed by atoms with Crippen LogP contribution in [0.15, 0.2) is 24.3 Å². The number of guanidine groups is 1. The number of nitrogens with two attached hydrogens (primary N) is 2. The number of amides is 2. The number of carbonyl (C=O) groups excluding carboxylic acids is 3. The topological polar surface area (TPSA) is 217 Å². The second-order valence-electron chi connectivity index (χ2n) is 9.43. The molecule has 1 aromatic carbocycles. The van der Waals surface area contributed by atoms with E-state index in [1.807, 2.05) is 12.1 Å². The molecule has 2 rings (SSSR count). The summed E-state index contributed by atoms with van der Waals surface area (Å²) in [6, 6.07) is 7.30. The zero-order valence-corrected chi connectivity index (χ0v) is 23.4. The first kappa shape index (κ1) is 31.9. The highest BCUT2D eigenvalue weighted by atomic mass is 35.5. The van der Waals surface area contributed by atoms with Crippen molar-refractivity contribution in [3.63, 3.8) is 0 Å². The normalized spacial score (nSPS) is 10.8. The van der Waals surface area contributed by atoms with Gasteiger partial charge < -0.3 is 36.3 Å². The van der Waals surface area contributed by atoms with Gasteiger partial charge in [-0.05, 0) is 57.7 Å². The smallest absolute Gasteiger partial charge is 0.407 e. The number of nitrogens with one attached hydrogen (secondary N) is 4. The van der Waals surface area contributed by atoms with Crippen molar-refractivity contribution >= 4 is 47.2 Å². The molecule has 0 aliphatic carbocycles. The van der Waals surface area contributed by atoms with Crippen LogP contribution in [0.4, 0.5) is 16.4 Å². The maximum absolute atomic E-state index is 12.2. The minimum absolute atomic E-state index is 0.00183. The predicted molar refractivity (Wildman–Crippen MR) is 149 cm³/mol. The number of nitrogens with zero attached hydrogens (tertiary/aromatic N) is 2. The molecular formula is C25H35ClN8O6. The summed E-state index contributed by atoms with van der Waals surface area (Å²) < 4.78 is 15.5. The molecule has 0 aliphatic rings. The van der Waals surface area contributed by atoms with E-state index in [-0.39, 0.29) is 48.2 Å². The summed E-state index contributed by atoms with van der Waals surface area (Å²) in [5, 5.41) is 15.3. The number of benzene rings is 1. The van der Waals surface area contributed by atoms with Gasteiger partial charge in [-0.15, -0.1) is 0 Å². The molecular weight excluding hydrogens is 544 g/mol. The first-order chi connectivity index (χ1) is 18.8. The number of hydrogen-bond acceptors (Lipinski definition) is 11. The van der Waals surface area contributed by atoms with Crippen molar-refractivity contribution in [3.8, 4) is 5.75 Å². The lowest BCUT2D eigenvalue weighted by Gasteiger charge is -2.19. The van der Waals surface area contributed by atoms with E-state index in [1.165, 1.54) is 0 Å². The molecule has 0 saturated carbocycles. The molecule has 1 heterocycles. The van der Waals surface area contributed by atoms with Gasteiger partial charge in [0.05, 0.1) is 6.54 Å². The number of aromatic nitrogens is 2. The summed E-state index contributed by atoms with van der Waals surface area (Å²) in [6.07, 6.45) is 1.76. The van der Waals surface area contributed by atoms with Gasteiger partial charge in [-0.1, -0.05) is 23.7 Å². The number of aryl methyl sites for hydroxylation is 1. The van der Waals surface area contributed by atoms with Gasteiger partial charge in [-0.2, -0.15) is 0 Å². The zero-order chi connectivity index (χ0) is 29.7. The summed E-state index contributed by atoms with van der Waals surface area (Å²) in [4.78, 5) is 43.1. The Balaban J connectivity index is 1.58. The Kier molecular flexibility index (Phi) is 12.2. The molecule has 40 heavy (non-hydrogen) atoms. The van der Waals surface area contributed by atoms with Gasteiger partial charge in [-0.25, -0.2) is 19.6 Å². The molecule has 0 unspecified atom stereocenters. The van der Waals surface area contributed by atoms with E-state index in [0.29, 0.717) is 12.3 Å². The second-order valence-corrected chi connectivity index (χ2v) is 9.79. The molecule has 0 fully saturated rings. The van der Waals surface area contributed by atoms with Crippen molar-refractivity contribution in [2.45, 2.75) is 45.6 Å². The number of alkyl carbamates (subject to hydrolysis) is 1. The highest BCUT2D eigenvalue weighted by Crippen LogP contribution is 2.17. The molecule has 14 nitrogen and oxygen atoms in total.